The number of hydrogen-bond donors (Lipinski definition) is 1. The first-order chi connectivity index (χ1) is 17.7. The Hall–Kier alpha value is -4.25. The van der Waals surface area contributed by atoms with E-state index >= 15 is 0 Å². The number of aryl methyl sites for hydroxylation is 1. The number of amides is 3. The Labute approximate surface area is 214 Å². The maximum atomic E-state index is 12.3. The third kappa shape index (κ3) is 6.70. The summed E-state index contributed by atoms with van der Waals surface area (Å²) in [6.45, 7) is 6.86. The van der Waals surface area contributed by atoms with Gasteiger partial charge in [0.05, 0.1) is 23.9 Å². The summed E-state index contributed by atoms with van der Waals surface area (Å²) in [5.41, 5.74) is 0.146. The fourth-order valence-corrected chi connectivity index (χ4v) is 3.61. The van der Waals surface area contributed by atoms with Gasteiger partial charge in [-0.2, -0.15) is 4.57 Å². The van der Waals surface area contributed by atoms with Crippen molar-refractivity contribution < 1.29 is 33.3 Å². The maximum absolute atomic E-state index is 12.3. The summed E-state index contributed by atoms with van der Waals surface area (Å²) in [5.74, 6) is 0.285. The number of ether oxygens (including phenoxy) is 2. The van der Waals surface area contributed by atoms with Gasteiger partial charge in [0.25, 0.3) is 11.8 Å². The summed E-state index contributed by atoms with van der Waals surface area (Å²) in [5, 5.41) is 3.52. The van der Waals surface area contributed by atoms with E-state index in [2.05, 4.69) is 10.3 Å². The second-order valence-corrected chi connectivity index (χ2v) is 9.32. The van der Waals surface area contributed by atoms with E-state index in [9.17, 15) is 14.4 Å². The van der Waals surface area contributed by atoms with E-state index in [-0.39, 0.29) is 13.2 Å². The molecule has 3 amide bonds. The summed E-state index contributed by atoms with van der Waals surface area (Å²) in [4.78, 5) is 46.1. The molecule has 0 fully saturated rings. The minimum absolute atomic E-state index is 0.0214. The van der Waals surface area contributed by atoms with Crippen LogP contribution in [-0.2, 0) is 16.1 Å². The van der Waals surface area contributed by atoms with Crippen LogP contribution in [0.2, 0.25) is 0 Å². The highest BCUT2D eigenvalue weighted by atomic mass is 16.7. The number of imide groups is 1. The molecule has 2 aromatic heterocycles. The summed E-state index contributed by atoms with van der Waals surface area (Å²) in [6.07, 6.45) is 7.64. The second-order valence-electron chi connectivity index (χ2n) is 9.32. The summed E-state index contributed by atoms with van der Waals surface area (Å²) < 4.78 is 14.7. The molecule has 1 aromatic carbocycles. The highest BCUT2D eigenvalue weighted by Gasteiger charge is 2.36. The van der Waals surface area contributed by atoms with E-state index in [1.807, 2.05) is 54.7 Å². The molecule has 11 nitrogen and oxygen atoms in total. The topological polar surface area (TPSA) is 116 Å². The Balaban J connectivity index is 1.18. The molecule has 37 heavy (non-hydrogen) atoms. The maximum Gasteiger partial charge on any atom is 0.407 e. The monoisotopic (exact) mass is 508 g/mol. The van der Waals surface area contributed by atoms with E-state index in [0.29, 0.717) is 29.2 Å². The predicted molar refractivity (Wildman–Crippen MR) is 131 cm³/mol. The van der Waals surface area contributed by atoms with Gasteiger partial charge in [-0.25, -0.2) is 14.3 Å². The quantitative estimate of drug-likeness (QED) is 0.254. The predicted octanol–water partition coefficient (Wildman–Crippen LogP) is 2.68. The van der Waals surface area contributed by atoms with Gasteiger partial charge in [0.2, 0.25) is 12.1 Å². The number of benzene rings is 1. The number of nitrogens with zero attached hydrogens (tertiary/aromatic N) is 4. The molecule has 0 saturated heterocycles. The van der Waals surface area contributed by atoms with Crippen molar-refractivity contribution in [3.8, 4) is 11.6 Å². The number of nitrogens with one attached hydrogen (secondary N) is 1. The summed E-state index contributed by atoms with van der Waals surface area (Å²) >= 11 is 0. The number of hydroxylamine groups is 2. The minimum atomic E-state index is -0.515. The van der Waals surface area contributed by atoms with Gasteiger partial charge in [0.15, 0.2) is 0 Å². The van der Waals surface area contributed by atoms with Crippen LogP contribution in [0, 0.1) is 0 Å². The van der Waals surface area contributed by atoms with Crippen LogP contribution in [0.15, 0.2) is 61.3 Å². The van der Waals surface area contributed by atoms with Gasteiger partial charge in [0, 0.05) is 19.0 Å². The number of hydrogen-bond acceptors (Lipinski definition) is 7. The zero-order chi connectivity index (χ0) is 26.4. The van der Waals surface area contributed by atoms with Crippen molar-refractivity contribution in [1.82, 2.24) is 19.9 Å². The van der Waals surface area contributed by atoms with E-state index in [0.717, 1.165) is 18.0 Å². The number of carbonyl (C=O) groups is 3. The molecule has 0 spiro atoms. The fourth-order valence-electron chi connectivity index (χ4n) is 3.61. The molecule has 3 aromatic rings. The molecule has 0 radical (unpaired) electrons. The zero-order valence-corrected chi connectivity index (χ0v) is 21.0. The smallest absolute Gasteiger partial charge is 0.407 e. The molecule has 11 heteroatoms. The zero-order valence-electron chi connectivity index (χ0n) is 21.0. The number of aromatic nitrogens is 3. The van der Waals surface area contributed by atoms with Crippen LogP contribution in [0.1, 0.15) is 47.9 Å². The molecule has 0 aliphatic carbocycles. The number of pyridine rings is 1. The van der Waals surface area contributed by atoms with Crippen LogP contribution in [0.3, 0.4) is 0 Å². The summed E-state index contributed by atoms with van der Waals surface area (Å²) in [6, 6.07) is 10.2. The standard InChI is InChI=1S/C26H29N5O6/c1-26(2,3)37-25(34)27-11-6-12-29-13-14-30(18-29)22-10-9-19(17-28-22)35-15-16-36-31-23(32)20-7-4-5-8-21(20)24(31)33/h4-5,7-10,13-14,17-18H,6,11-12,15-16H2,1-3H3/p+1. The highest BCUT2D eigenvalue weighted by Crippen LogP contribution is 2.22. The number of rotatable bonds is 10. The Morgan fingerprint density at radius 3 is 2.43 bits per heavy atom. The largest absolute Gasteiger partial charge is 0.489 e. The van der Waals surface area contributed by atoms with Gasteiger partial charge in [-0.15, -0.1) is 5.06 Å². The average molecular weight is 509 g/mol. The van der Waals surface area contributed by atoms with Gasteiger partial charge >= 0.3 is 6.09 Å². The SMILES string of the molecule is CC(C)(C)OC(=O)NCCC[n+]1ccn(-c2ccc(OCCON3C(=O)c4ccccc4C3=O)cn2)c1. The number of alkyl carbamates (subject to hydrolysis) is 1. The molecule has 1 aliphatic rings. The number of carbonyl (C=O) groups excluding carboxylic acids is 3. The second kappa shape index (κ2) is 11.2. The van der Waals surface area contributed by atoms with Crippen LogP contribution in [-0.4, -0.2) is 57.9 Å². The highest BCUT2D eigenvalue weighted by molar-refractivity contribution is 6.20. The van der Waals surface area contributed by atoms with E-state index < -0.39 is 23.5 Å². The lowest BCUT2D eigenvalue weighted by Gasteiger charge is -2.19. The molecule has 194 valence electrons. The first kappa shape index (κ1) is 25.8. The first-order valence-electron chi connectivity index (χ1n) is 11.9. The normalized spacial score (nSPS) is 13.0. The van der Waals surface area contributed by atoms with Crippen molar-refractivity contribution in [2.24, 2.45) is 0 Å². The molecular weight excluding hydrogens is 478 g/mol. The molecule has 1 N–H and O–H groups in total. The minimum Gasteiger partial charge on any atom is -0.489 e. The number of fused-ring (bicyclic) bond motifs is 1. The van der Waals surface area contributed by atoms with Gasteiger partial charge in [0.1, 0.15) is 37.0 Å². The van der Waals surface area contributed by atoms with Crippen molar-refractivity contribution in [2.45, 2.75) is 39.3 Å². The molecule has 0 saturated carbocycles. The van der Waals surface area contributed by atoms with E-state index in [4.69, 9.17) is 14.3 Å². The fraction of sp³-hybridized carbons (Fsp3) is 0.346. The van der Waals surface area contributed by atoms with E-state index in [1.165, 1.54) is 0 Å². The Kier molecular flexibility index (Phi) is 7.83. The van der Waals surface area contributed by atoms with Gasteiger partial charge in [-0.1, -0.05) is 12.1 Å². The lowest BCUT2D eigenvalue weighted by Crippen LogP contribution is -2.36. The molecule has 0 bridgehead atoms. The third-order valence-electron chi connectivity index (χ3n) is 5.27. The third-order valence-corrected chi connectivity index (χ3v) is 5.27. The van der Waals surface area contributed by atoms with Crippen molar-refractivity contribution in [3.63, 3.8) is 0 Å². The van der Waals surface area contributed by atoms with Gasteiger partial charge in [-0.05, 0) is 39.0 Å². The molecule has 4 rings (SSSR count). The van der Waals surface area contributed by atoms with Crippen molar-refractivity contribution >= 4 is 17.9 Å². The van der Waals surface area contributed by atoms with Crippen molar-refractivity contribution in [3.05, 3.63) is 72.4 Å². The molecule has 0 atom stereocenters. The molecule has 3 heterocycles. The van der Waals surface area contributed by atoms with Gasteiger partial charge in [-0.3, -0.25) is 14.4 Å². The lowest BCUT2D eigenvalue weighted by molar-refractivity contribution is -0.696. The van der Waals surface area contributed by atoms with Crippen molar-refractivity contribution in [1.29, 1.82) is 0 Å². The molecule has 1 aliphatic heterocycles. The Morgan fingerprint density at radius 2 is 1.78 bits per heavy atom. The number of imidazole rings is 1. The molecule has 0 unspecified atom stereocenters. The lowest BCUT2D eigenvalue weighted by atomic mass is 10.1. The Morgan fingerprint density at radius 1 is 1.05 bits per heavy atom. The van der Waals surface area contributed by atoms with Crippen LogP contribution in [0.4, 0.5) is 4.79 Å². The van der Waals surface area contributed by atoms with Crippen LogP contribution < -0.4 is 14.6 Å². The van der Waals surface area contributed by atoms with Crippen LogP contribution in [0.25, 0.3) is 5.82 Å². The van der Waals surface area contributed by atoms with Crippen LogP contribution >= 0.6 is 0 Å². The first-order valence-corrected chi connectivity index (χ1v) is 11.9. The van der Waals surface area contributed by atoms with E-state index in [1.54, 1.807) is 36.5 Å². The van der Waals surface area contributed by atoms with Crippen molar-refractivity contribution in [2.75, 3.05) is 19.8 Å². The average Bonchev–Trinajstić information content (AvgIpc) is 3.43. The Bertz CT molecular complexity index is 1230. The van der Waals surface area contributed by atoms with Gasteiger partial charge < -0.3 is 14.8 Å². The summed E-state index contributed by atoms with van der Waals surface area (Å²) in [7, 11) is 0. The van der Waals surface area contributed by atoms with Crippen LogP contribution in [0.5, 0.6) is 5.75 Å². The molecular formula is C26H30N5O6+.